The van der Waals surface area contributed by atoms with Crippen LogP contribution in [0.25, 0.3) is 0 Å². The Balaban J connectivity index is 2.19. The van der Waals surface area contributed by atoms with E-state index >= 15 is 0 Å². The molecule has 0 radical (unpaired) electrons. The third kappa shape index (κ3) is 3.65. The van der Waals surface area contributed by atoms with Gasteiger partial charge in [0, 0.05) is 6.07 Å². The molecule has 0 saturated heterocycles. The smallest absolute Gasteiger partial charge is 0.261 e. The first-order valence-corrected chi connectivity index (χ1v) is 7.49. The molecule has 7 heteroatoms. The molecule has 0 bridgehead atoms. The summed E-state index contributed by atoms with van der Waals surface area (Å²) in [4.78, 5) is 10.3. The fraction of sp³-hybridized carbons (Fsp3) is 0.143. The van der Waals surface area contributed by atoms with E-state index in [0.29, 0.717) is 0 Å². The molecule has 6 nitrogen and oxygen atoms in total. The van der Waals surface area contributed by atoms with Crippen molar-refractivity contribution in [3.05, 3.63) is 69.8 Å². The number of benzene rings is 2. The minimum atomic E-state index is -3.94. The van der Waals surface area contributed by atoms with E-state index in [-0.39, 0.29) is 22.8 Å². The zero-order valence-electron chi connectivity index (χ0n) is 11.2. The van der Waals surface area contributed by atoms with Crippen LogP contribution < -0.4 is 0 Å². The van der Waals surface area contributed by atoms with Gasteiger partial charge < -0.3 is 0 Å². The zero-order valence-corrected chi connectivity index (χ0v) is 12.0. The van der Waals surface area contributed by atoms with Gasteiger partial charge in [-0.1, -0.05) is 29.8 Å². The monoisotopic (exact) mass is 307 g/mol. The van der Waals surface area contributed by atoms with Crippen LogP contribution in [0.1, 0.15) is 11.1 Å². The van der Waals surface area contributed by atoms with Crippen molar-refractivity contribution in [3.63, 3.8) is 0 Å². The van der Waals surface area contributed by atoms with E-state index in [1.54, 1.807) is 18.2 Å². The van der Waals surface area contributed by atoms with Crippen LogP contribution in [0.5, 0.6) is 0 Å². The number of nitro benzene ring substituents is 1. The van der Waals surface area contributed by atoms with Gasteiger partial charge in [0.2, 0.25) is 0 Å². The maximum atomic E-state index is 12.0. The number of rotatable bonds is 5. The predicted octanol–water partition coefficient (Wildman–Crippen LogP) is 2.81. The quantitative estimate of drug-likeness (QED) is 0.481. The van der Waals surface area contributed by atoms with Gasteiger partial charge in [-0.2, -0.15) is 8.42 Å². The molecule has 0 saturated carbocycles. The molecule has 0 unspecified atom stereocenters. The van der Waals surface area contributed by atoms with Crippen molar-refractivity contribution in [1.29, 1.82) is 0 Å². The summed E-state index contributed by atoms with van der Waals surface area (Å²) >= 11 is 0. The van der Waals surface area contributed by atoms with Gasteiger partial charge in [0.1, 0.15) is 0 Å². The van der Waals surface area contributed by atoms with Gasteiger partial charge in [0.15, 0.2) is 0 Å². The second-order valence-electron chi connectivity index (χ2n) is 4.42. The normalized spacial score (nSPS) is 11.3. The van der Waals surface area contributed by atoms with Crippen LogP contribution in [0.3, 0.4) is 0 Å². The van der Waals surface area contributed by atoms with Crippen molar-refractivity contribution >= 4 is 15.8 Å². The first-order chi connectivity index (χ1) is 9.90. The van der Waals surface area contributed by atoms with Crippen molar-refractivity contribution < 1.29 is 17.5 Å². The summed E-state index contributed by atoms with van der Waals surface area (Å²) in [6.07, 6.45) is 0. The lowest BCUT2D eigenvalue weighted by Gasteiger charge is -2.06. The molecule has 0 aromatic heterocycles. The van der Waals surface area contributed by atoms with Crippen LogP contribution in [0, 0.1) is 17.0 Å². The topological polar surface area (TPSA) is 86.5 Å². The molecule has 0 fully saturated rings. The summed E-state index contributed by atoms with van der Waals surface area (Å²) in [6.45, 7) is 1.46. The SMILES string of the molecule is Cc1ccc(S(=O)(=O)OCc2ccccc2[N+](=O)[O-])cc1. The highest BCUT2D eigenvalue weighted by Gasteiger charge is 2.18. The van der Waals surface area contributed by atoms with E-state index < -0.39 is 15.0 Å². The molecule has 0 aliphatic carbocycles. The third-order valence-corrected chi connectivity index (χ3v) is 4.15. The average Bonchev–Trinajstić information content (AvgIpc) is 2.46. The highest BCUT2D eigenvalue weighted by Crippen LogP contribution is 2.21. The number of para-hydroxylation sites is 1. The Hall–Kier alpha value is -2.25. The molecule has 110 valence electrons. The van der Waals surface area contributed by atoms with Crippen molar-refractivity contribution in [3.8, 4) is 0 Å². The Morgan fingerprint density at radius 1 is 1.10 bits per heavy atom. The van der Waals surface area contributed by atoms with Crippen LogP contribution in [-0.2, 0) is 20.9 Å². The van der Waals surface area contributed by atoms with Crippen molar-refractivity contribution in [2.24, 2.45) is 0 Å². The van der Waals surface area contributed by atoms with Crippen LogP contribution in [0.15, 0.2) is 53.4 Å². The van der Waals surface area contributed by atoms with Crippen molar-refractivity contribution in [2.45, 2.75) is 18.4 Å². The molecule has 21 heavy (non-hydrogen) atoms. The summed E-state index contributed by atoms with van der Waals surface area (Å²) in [6, 6.07) is 12.0. The fourth-order valence-corrected chi connectivity index (χ4v) is 2.61. The molecule has 0 N–H and O–H groups in total. The molecular weight excluding hydrogens is 294 g/mol. The second-order valence-corrected chi connectivity index (χ2v) is 6.03. The van der Waals surface area contributed by atoms with E-state index in [1.165, 1.54) is 30.3 Å². The maximum absolute atomic E-state index is 12.0. The fourth-order valence-electron chi connectivity index (χ4n) is 1.73. The molecule has 2 aromatic carbocycles. The Morgan fingerprint density at radius 2 is 1.71 bits per heavy atom. The molecule has 0 aliphatic heterocycles. The summed E-state index contributed by atoms with van der Waals surface area (Å²) in [5, 5.41) is 10.9. The first-order valence-electron chi connectivity index (χ1n) is 6.08. The standard InChI is InChI=1S/C14H13NO5S/c1-11-6-8-13(9-7-11)21(18,19)20-10-12-4-2-3-5-14(12)15(16)17/h2-9H,10H2,1H3. The average molecular weight is 307 g/mol. The van der Waals surface area contributed by atoms with Crippen LogP contribution in [0.2, 0.25) is 0 Å². The lowest BCUT2D eigenvalue weighted by molar-refractivity contribution is -0.385. The lowest BCUT2D eigenvalue weighted by Crippen LogP contribution is -2.07. The van der Waals surface area contributed by atoms with Crippen LogP contribution in [0.4, 0.5) is 5.69 Å². The second kappa shape index (κ2) is 6.02. The van der Waals surface area contributed by atoms with E-state index in [0.717, 1.165) is 5.56 Å². The van der Waals surface area contributed by atoms with Gasteiger partial charge in [-0.3, -0.25) is 14.3 Å². The van der Waals surface area contributed by atoms with Gasteiger partial charge >= 0.3 is 0 Å². The zero-order chi connectivity index (χ0) is 15.5. The largest absolute Gasteiger partial charge is 0.297 e. The summed E-state index contributed by atoms with van der Waals surface area (Å²) in [5.74, 6) is 0. The van der Waals surface area contributed by atoms with Crippen molar-refractivity contribution in [2.75, 3.05) is 0 Å². The number of hydrogen-bond acceptors (Lipinski definition) is 5. The minimum Gasteiger partial charge on any atom is -0.261 e. The molecule has 2 aromatic rings. The van der Waals surface area contributed by atoms with Gasteiger partial charge in [-0.05, 0) is 25.1 Å². The Labute approximate surface area is 122 Å². The molecule has 0 spiro atoms. The predicted molar refractivity (Wildman–Crippen MR) is 76.3 cm³/mol. The lowest BCUT2D eigenvalue weighted by atomic mass is 10.2. The first kappa shape index (κ1) is 15.1. The minimum absolute atomic E-state index is 0.0201. The van der Waals surface area contributed by atoms with Crippen LogP contribution in [-0.4, -0.2) is 13.3 Å². The Kier molecular flexibility index (Phi) is 4.35. The maximum Gasteiger partial charge on any atom is 0.297 e. The van der Waals surface area contributed by atoms with E-state index in [1.807, 2.05) is 6.92 Å². The van der Waals surface area contributed by atoms with E-state index in [2.05, 4.69) is 0 Å². The van der Waals surface area contributed by atoms with Gasteiger partial charge in [-0.25, -0.2) is 0 Å². The summed E-state index contributed by atoms with van der Waals surface area (Å²) in [7, 11) is -3.94. The molecule has 0 heterocycles. The molecule has 0 atom stereocenters. The number of aryl methyl sites for hydroxylation is 1. The Morgan fingerprint density at radius 3 is 2.33 bits per heavy atom. The number of hydrogen-bond donors (Lipinski definition) is 0. The summed E-state index contributed by atoms with van der Waals surface area (Å²) < 4.78 is 28.9. The summed E-state index contributed by atoms with van der Waals surface area (Å²) in [5.41, 5.74) is 0.961. The number of nitrogens with zero attached hydrogens (tertiary/aromatic N) is 1. The number of nitro groups is 1. The highest BCUT2D eigenvalue weighted by atomic mass is 32.2. The molecule has 0 amide bonds. The highest BCUT2D eigenvalue weighted by molar-refractivity contribution is 7.86. The van der Waals surface area contributed by atoms with Gasteiger partial charge in [0.05, 0.1) is 22.0 Å². The van der Waals surface area contributed by atoms with E-state index in [4.69, 9.17) is 4.18 Å². The van der Waals surface area contributed by atoms with Crippen molar-refractivity contribution in [1.82, 2.24) is 0 Å². The van der Waals surface area contributed by atoms with Crippen LogP contribution >= 0.6 is 0 Å². The molecule has 0 aliphatic rings. The third-order valence-electron chi connectivity index (χ3n) is 2.87. The Bertz CT molecular complexity index is 753. The van der Waals surface area contributed by atoms with Gasteiger partial charge in [0.25, 0.3) is 15.8 Å². The van der Waals surface area contributed by atoms with Gasteiger partial charge in [-0.15, -0.1) is 0 Å². The van der Waals surface area contributed by atoms with E-state index in [9.17, 15) is 18.5 Å². The molecule has 2 rings (SSSR count). The molecular formula is C14H13NO5S.